The number of nitrogens with zero attached hydrogens (tertiary/aromatic N) is 2. The normalized spacial score (nSPS) is 14.3. The van der Waals surface area contributed by atoms with Gasteiger partial charge >= 0.3 is 0 Å². The van der Waals surface area contributed by atoms with Crippen molar-refractivity contribution in [2.24, 2.45) is 5.73 Å². The van der Waals surface area contributed by atoms with E-state index in [1.54, 1.807) is 6.07 Å². The number of carbonyl (C=O) groups excluding carboxylic acids is 1. The van der Waals surface area contributed by atoms with E-state index in [1.807, 2.05) is 54.7 Å². The van der Waals surface area contributed by atoms with E-state index in [1.165, 1.54) is 0 Å². The highest BCUT2D eigenvalue weighted by Crippen LogP contribution is 2.45. The molecule has 1 unspecified atom stereocenters. The predicted molar refractivity (Wildman–Crippen MR) is 132 cm³/mol. The van der Waals surface area contributed by atoms with Crippen LogP contribution in [0.2, 0.25) is 0 Å². The first-order valence-electron chi connectivity index (χ1n) is 11.3. The Morgan fingerprint density at radius 3 is 2.61 bits per heavy atom. The van der Waals surface area contributed by atoms with E-state index in [0.717, 1.165) is 54.1 Å². The van der Waals surface area contributed by atoms with Crippen LogP contribution in [0.4, 0.5) is 0 Å². The quantitative estimate of drug-likeness (QED) is 0.346. The Hall–Kier alpha value is -3.70. The molecule has 3 aromatic rings. The molecule has 33 heavy (non-hydrogen) atoms. The lowest BCUT2D eigenvalue weighted by molar-refractivity contribution is 0.0998. The summed E-state index contributed by atoms with van der Waals surface area (Å²) >= 11 is 0. The number of benzene rings is 2. The number of pyridine rings is 1. The number of primary amides is 1. The fourth-order valence-electron chi connectivity index (χ4n) is 4.35. The first-order valence-corrected chi connectivity index (χ1v) is 11.3. The van der Waals surface area contributed by atoms with Gasteiger partial charge in [-0.25, -0.2) is 0 Å². The Bertz CT molecular complexity index is 1170. The van der Waals surface area contributed by atoms with Gasteiger partial charge in [0.05, 0.1) is 11.3 Å². The first kappa shape index (κ1) is 22.5. The van der Waals surface area contributed by atoms with E-state index in [4.69, 9.17) is 10.5 Å². The van der Waals surface area contributed by atoms with Gasteiger partial charge in [0.15, 0.2) is 0 Å². The second-order valence-electron chi connectivity index (χ2n) is 8.06. The average molecular weight is 440 g/mol. The van der Waals surface area contributed by atoms with E-state index in [9.17, 15) is 4.79 Å². The lowest BCUT2D eigenvalue weighted by atomic mass is 9.90. The van der Waals surface area contributed by atoms with Gasteiger partial charge in [0.2, 0.25) is 0 Å². The topological polar surface area (TPSA) is 68.5 Å². The molecule has 0 saturated carbocycles. The third-order valence-electron chi connectivity index (χ3n) is 6.01. The molecule has 168 valence electrons. The minimum atomic E-state index is -0.498. The van der Waals surface area contributed by atoms with Crippen molar-refractivity contribution in [2.45, 2.75) is 32.4 Å². The van der Waals surface area contributed by atoms with E-state index >= 15 is 0 Å². The number of hydrogen-bond donors (Lipinski definition) is 1. The summed E-state index contributed by atoms with van der Waals surface area (Å²) in [6.45, 7) is 7.84. The summed E-state index contributed by atoms with van der Waals surface area (Å²) in [4.78, 5) is 19.0. The molecule has 2 heterocycles. The number of ether oxygens (including phenoxy) is 1. The van der Waals surface area contributed by atoms with Gasteiger partial charge in [0, 0.05) is 29.9 Å². The number of fused-ring (bicyclic) bond motifs is 2. The predicted octanol–water partition coefficient (Wildman–Crippen LogP) is 5.57. The van der Waals surface area contributed by atoms with Gasteiger partial charge in [0.1, 0.15) is 11.5 Å². The molecule has 4 rings (SSSR count). The zero-order valence-electron chi connectivity index (χ0n) is 18.9. The van der Waals surface area contributed by atoms with E-state index < -0.39 is 5.91 Å². The Kier molecular flexibility index (Phi) is 7.01. The van der Waals surface area contributed by atoms with Crippen molar-refractivity contribution in [2.75, 3.05) is 6.54 Å². The second-order valence-corrected chi connectivity index (χ2v) is 8.06. The van der Waals surface area contributed by atoms with Crippen LogP contribution in [-0.2, 0) is 6.54 Å². The summed E-state index contributed by atoms with van der Waals surface area (Å²) in [5.41, 5.74) is 10.0. The maximum absolute atomic E-state index is 12.0. The summed E-state index contributed by atoms with van der Waals surface area (Å²) < 4.78 is 6.13. The summed E-state index contributed by atoms with van der Waals surface area (Å²) in [6, 6.07) is 19.7. The monoisotopic (exact) mass is 439 g/mol. The molecule has 0 saturated heterocycles. The van der Waals surface area contributed by atoms with Crippen LogP contribution in [0.25, 0.3) is 5.57 Å². The van der Waals surface area contributed by atoms with Crippen molar-refractivity contribution >= 4 is 11.5 Å². The summed E-state index contributed by atoms with van der Waals surface area (Å²) in [5.74, 6) is 0.754. The zero-order valence-corrected chi connectivity index (χ0v) is 18.9. The lowest BCUT2D eigenvalue weighted by Gasteiger charge is -2.30. The Balaban J connectivity index is 1.70. The van der Waals surface area contributed by atoms with Crippen LogP contribution in [0.1, 0.15) is 46.9 Å². The minimum Gasteiger partial charge on any atom is -0.455 e. The number of amides is 1. The van der Waals surface area contributed by atoms with Gasteiger partial charge in [-0.2, -0.15) is 0 Å². The lowest BCUT2D eigenvalue weighted by Crippen LogP contribution is -2.34. The Labute approximate surface area is 195 Å². The first-order chi connectivity index (χ1) is 16.1. The maximum Gasteiger partial charge on any atom is 0.252 e. The molecule has 0 radical (unpaired) electrons. The van der Waals surface area contributed by atoms with Gasteiger partial charge in [-0.1, -0.05) is 55.5 Å². The molecule has 1 aliphatic rings. The Morgan fingerprint density at radius 2 is 1.88 bits per heavy atom. The minimum absolute atomic E-state index is 0.264. The van der Waals surface area contributed by atoms with Crippen molar-refractivity contribution in [3.05, 3.63) is 108 Å². The molecule has 1 aliphatic heterocycles. The van der Waals surface area contributed by atoms with Gasteiger partial charge in [-0.15, -0.1) is 6.58 Å². The fourth-order valence-corrected chi connectivity index (χ4v) is 4.35. The molecule has 0 spiro atoms. The van der Waals surface area contributed by atoms with Crippen LogP contribution >= 0.6 is 0 Å². The van der Waals surface area contributed by atoms with Crippen LogP contribution in [-0.4, -0.2) is 28.4 Å². The maximum atomic E-state index is 12.0. The summed E-state index contributed by atoms with van der Waals surface area (Å²) in [5, 5.41) is 0. The van der Waals surface area contributed by atoms with Gasteiger partial charge in [-0.05, 0) is 49.2 Å². The van der Waals surface area contributed by atoms with Crippen molar-refractivity contribution in [1.82, 2.24) is 9.88 Å². The van der Waals surface area contributed by atoms with Crippen LogP contribution in [0.15, 0.2) is 85.6 Å². The van der Waals surface area contributed by atoms with Crippen LogP contribution in [0.5, 0.6) is 11.5 Å². The van der Waals surface area contributed by atoms with Gasteiger partial charge < -0.3 is 10.5 Å². The molecule has 5 nitrogen and oxygen atoms in total. The van der Waals surface area contributed by atoms with Gasteiger partial charge in [0.25, 0.3) is 5.91 Å². The summed E-state index contributed by atoms with van der Waals surface area (Å²) in [6.07, 6.45) is 7.73. The van der Waals surface area contributed by atoms with Crippen molar-refractivity contribution < 1.29 is 9.53 Å². The number of carbonyl (C=O) groups is 1. The summed E-state index contributed by atoms with van der Waals surface area (Å²) in [7, 11) is 0. The van der Waals surface area contributed by atoms with Gasteiger partial charge in [-0.3, -0.25) is 14.7 Å². The van der Waals surface area contributed by atoms with Crippen molar-refractivity contribution in [3.8, 4) is 11.5 Å². The molecule has 1 amide bonds. The number of para-hydroxylation sites is 2. The highest BCUT2D eigenvalue weighted by molar-refractivity contribution is 6.00. The number of nitrogens with two attached hydrogens (primary N) is 1. The average Bonchev–Trinajstić information content (AvgIpc) is 2.84. The van der Waals surface area contributed by atoms with Crippen molar-refractivity contribution in [3.63, 3.8) is 0 Å². The third-order valence-corrected chi connectivity index (χ3v) is 6.01. The number of aromatic nitrogens is 1. The SMILES string of the molecule is C=CCC(C/C=C1\c2ccccc2Oc2c(C(N)=O)cccc21)N(CC)Cc1ccccn1. The van der Waals surface area contributed by atoms with Crippen molar-refractivity contribution in [1.29, 1.82) is 0 Å². The molecule has 1 atom stereocenters. The molecular formula is C28H29N3O2. The largest absolute Gasteiger partial charge is 0.455 e. The molecule has 1 aromatic heterocycles. The molecule has 0 aliphatic carbocycles. The zero-order chi connectivity index (χ0) is 23.2. The standard InChI is InChI=1S/C28H29N3O2/c1-3-10-21(31(4-2)19-20-11-7-8-18-30-20)16-17-22-23-12-5-6-15-26(23)33-27-24(22)13-9-14-25(27)28(29)32/h3,5-9,11-15,17-18,21H,1,4,10,16,19H2,2H3,(H2,29,32)/b22-17+. The highest BCUT2D eigenvalue weighted by Gasteiger charge is 2.26. The molecule has 2 aromatic carbocycles. The second kappa shape index (κ2) is 10.3. The molecule has 0 fully saturated rings. The molecule has 0 bridgehead atoms. The van der Waals surface area contributed by atoms with E-state index in [-0.39, 0.29) is 6.04 Å². The van der Waals surface area contributed by atoms with Crippen LogP contribution in [0, 0.1) is 0 Å². The number of rotatable bonds is 9. The smallest absolute Gasteiger partial charge is 0.252 e. The van der Waals surface area contributed by atoms with Crippen LogP contribution in [0.3, 0.4) is 0 Å². The molecule has 2 N–H and O–H groups in total. The molecule has 5 heteroatoms. The highest BCUT2D eigenvalue weighted by atomic mass is 16.5. The van der Waals surface area contributed by atoms with Crippen LogP contribution < -0.4 is 10.5 Å². The number of hydrogen-bond acceptors (Lipinski definition) is 4. The third kappa shape index (κ3) is 4.89. The van der Waals surface area contributed by atoms with E-state index in [0.29, 0.717) is 11.3 Å². The fraction of sp³-hybridized carbons (Fsp3) is 0.214. The Morgan fingerprint density at radius 1 is 1.09 bits per heavy atom. The molecular weight excluding hydrogens is 410 g/mol. The van der Waals surface area contributed by atoms with E-state index in [2.05, 4.69) is 41.6 Å².